The van der Waals surface area contributed by atoms with Crippen LogP contribution in [0.5, 0.6) is 5.75 Å². The molecule has 3 fully saturated rings. The fourth-order valence-electron chi connectivity index (χ4n) is 7.84. The Hall–Kier alpha value is -3.40. The minimum Gasteiger partial charge on any atom is -0.506 e. The highest BCUT2D eigenvalue weighted by atomic mass is 79.9. The molecule has 0 saturated carbocycles. The normalized spacial score (nSPS) is 20.1. The maximum Gasteiger partial charge on any atom is 0.322 e. The average Bonchev–Trinajstić information content (AvgIpc) is 3.12. The number of anilines is 1. The lowest BCUT2D eigenvalue weighted by atomic mass is 10.0. The standard InChI is InChI=1S/C38H51Br2N7O6/c1-38(2,3)53-33(48)24-43-12-8-27(9-13-43)44-16-18-45(19-17-44)35(50)32(22-25-20-29(39)34(49)30(40)21-25)42-36(51)46-14-10-28(11-15-46)47-23-26-6-4-5-7-31(26)41-37(47)52/h4-7,20-21,27-28,32,49H,8-19,22-24H2,1-3H3,(H,41,52)(H,42,51)/t32-/m1/s1. The van der Waals surface area contributed by atoms with Gasteiger partial charge in [0.2, 0.25) is 5.91 Å². The van der Waals surface area contributed by atoms with Crippen LogP contribution in [0.15, 0.2) is 45.3 Å². The summed E-state index contributed by atoms with van der Waals surface area (Å²) in [5, 5.41) is 16.4. The van der Waals surface area contributed by atoms with Gasteiger partial charge in [-0.25, -0.2) is 9.59 Å². The minimum absolute atomic E-state index is 0.00467. The first-order chi connectivity index (χ1) is 25.2. The second-order valence-corrected chi connectivity index (χ2v) is 17.2. The molecule has 4 aliphatic rings. The van der Waals surface area contributed by atoms with Crippen molar-refractivity contribution in [2.24, 2.45) is 0 Å². The maximum atomic E-state index is 14.2. The summed E-state index contributed by atoms with van der Waals surface area (Å²) in [4.78, 5) is 63.2. The van der Waals surface area contributed by atoms with E-state index in [1.807, 2.05) is 54.8 Å². The van der Waals surface area contributed by atoms with Crippen molar-refractivity contribution in [3.8, 4) is 5.75 Å². The molecule has 2 aromatic carbocycles. The van der Waals surface area contributed by atoms with Gasteiger partial charge in [-0.15, -0.1) is 0 Å². The van der Waals surface area contributed by atoms with Crippen LogP contribution in [0.2, 0.25) is 0 Å². The zero-order valence-corrected chi connectivity index (χ0v) is 34.0. The molecule has 0 bridgehead atoms. The van der Waals surface area contributed by atoms with Gasteiger partial charge in [0.05, 0.1) is 15.5 Å². The number of piperidine rings is 2. The number of aromatic hydroxyl groups is 1. The third-order valence-electron chi connectivity index (χ3n) is 10.6. The summed E-state index contributed by atoms with van der Waals surface area (Å²) in [6.45, 7) is 11.6. The summed E-state index contributed by atoms with van der Waals surface area (Å²) >= 11 is 6.80. The van der Waals surface area contributed by atoms with Crippen LogP contribution < -0.4 is 10.6 Å². The molecule has 0 aliphatic carbocycles. The molecule has 0 spiro atoms. The molecule has 4 aliphatic heterocycles. The van der Waals surface area contributed by atoms with Crippen molar-refractivity contribution in [1.29, 1.82) is 0 Å². The first-order valence-corrected chi connectivity index (χ1v) is 20.2. The molecular formula is C38H51Br2N7O6. The average molecular weight is 862 g/mol. The summed E-state index contributed by atoms with van der Waals surface area (Å²) < 4.78 is 6.50. The number of carbonyl (C=O) groups is 4. The van der Waals surface area contributed by atoms with Crippen molar-refractivity contribution < 1.29 is 29.0 Å². The molecule has 53 heavy (non-hydrogen) atoms. The molecular weight excluding hydrogens is 810 g/mol. The van der Waals surface area contributed by atoms with Gasteiger partial charge in [-0.3, -0.25) is 19.4 Å². The number of hydrogen-bond donors (Lipinski definition) is 3. The Bertz CT molecular complexity index is 1640. The number of benzene rings is 2. The number of nitrogens with one attached hydrogen (secondary N) is 2. The number of carbonyl (C=O) groups excluding carboxylic acids is 4. The van der Waals surface area contributed by atoms with Crippen LogP contribution >= 0.6 is 31.9 Å². The Kier molecular flexibility index (Phi) is 12.6. The number of amides is 5. The van der Waals surface area contributed by atoms with Crippen LogP contribution in [-0.2, 0) is 27.3 Å². The fourth-order valence-corrected chi connectivity index (χ4v) is 9.12. The van der Waals surface area contributed by atoms with E-state index < -0.39 is 11.6 Å². The van der Waals surface area contributed by atoms with Gasteiger partial charge in [0.1, 0.15) is 17.4 Å². The number of piperazine rings is 1. The van der Waals surface area contributed by atoms with Gasteiger partial charge in [0, 0.05) is 83.1 Å². The molecule has 15 heteroatoms. The molecule has 0 radical (unpaired) electrons. The van der Waals surface area contributed by atoms with E-state index >= 15 is 0 Å². The van der Waals surface area contributed by atoms with Gasteiger partial charge in [-0.2, -0.15) is 0 Å². The highest BCUT2D eigenvalue weighted by molar-refractivity contribution is 9.11. The zero-order chi connectivity index (χ0) is 37.9. The molecule has 3 N–H and O–H groups in total. The Morgan fingerprint density at radius 2 is 1.53 bits per heavy atom. The van der Waals surface area contributed by atoms with E-state index in [0.29, 0.717) is 67.1 Å². The number of fused-ring (bicyclic) bond motifs is 1. The molecule has 2 aromatic rings. The van der Waals surface area contributed by atoms with E-state index in [9.17, 15) is 24.3 Å². The van der Waals surface area contributed by atoms with Crippen molar-refractivity contribution in [3.05, 3.63) is 56.5 Å². The van der Waals surface area contributed by atoms with Crippen LogP contribution in [0.1, 0.15) is 57.6 Å². The quantitative estimate of drug-likeness (QED) is 0.316. The zero-order valence-electron chi connectivity index (χ0n) is 30.8. The van der Waals surface area contributed by atoms with Crippen LogP contribution in [0, 0.1) is 0 Å². The van der Waals surface area contributed by atoms with Gasteiger partial charge in [-0.1, -0.05) is 18.2 Å². The number of halogens is 2. The SMILES string of the molecule is CC(C)(C)OC(=O)CN1CCC(N2CCN(C(=O)[C@@H](Cc3cc(Br)c(O)c(Br)c3)NC(=O)N3CCC(N4Cc5ccccc5NC4=O)CC3)CC2)CC1. The molecule has 6 rings (SSSR count). The van der Waals surface area contributed by atoms with Gasteiger partial charge in [0.25, 0.3) is 0 Å². The number of hydrogen-bond acceptors (Lipinski definition) is 8. The summed E-state index contributed by atoms with van der Waals surface area (Å²) in [5.41, 5.74) is 2.20. The lowest BCUT2D eigenvalue weighted by Crippen LogP contribution is -2.59. The topological polar surface area (TPSA) is 138 Å². The van der Waals surface area contributed by atoms with Gasteiger partial charge in [0.15, 0.2) is 0 Å². The van der Waals surface area contributed by atoms with E-state index in [4.69, 9.17) is 4.74 Å². The first kappa shape index (κ1) is 39.3. The predicted molar refractivity (Wildman–Crippen MR) is 209 cm³/mol. The molecule has 3 saturated heterocycles. The third-order valence-corrected chi connectivity index (χ3v) is 11.8. The molecule has 288 valence electrons. The van der Waals surface area contributed by atoms with E-state index in [0.717, 1.165) is 55.8 Å². The summed E-state index contributed by atoms with van der Waals surface area (Å²) in [7, 11) is 0. The van der Waals surface area contributed by atoms with Gasteiger partial charge >= 0.3 is 18.0 Å². The molecule has 1 atom stereocenters. The second-order valence-electron chi connectivity index (χ2n) is 15.5. The molecule has 5 amide bonds. The van der Waals surface area contributed by atoms with Crippen molar-refractivity contribution in [2.75, 3.05) is 64.2 Å². The Morgan fingerprint density at radius 3 is 2.17 bits per heavy atom. The number of likely N-dealkylation sites (tertiary alicyclic amines) is 2. The monoisotopic (exact) mass is 859 g/mol. The van der Waals surface area contributed by atoms with Gasteiger partial charge < -0.3 is 35.2 Å². The van der Waals surface area contributed by atoms with Crippen molar-refractivity contribution in [2.45, 2.75) is 83.1 Å². The number of rotatable bonds is 8. The highest BCUT2D eigenvalue weighted by Gasteiger charge is 2.36. The predicted octanol–water partition coefficient (Wildman–Crippen LogP) is 5.00. The van der Waals surface area contributed by atoms with Crippen LogP contribution in [0.4, 0.5) is 15.3 Å². The Balaban J connectivity index is 1.04. The lowest BCUT2D eigenvalue weighted by Gasteiger charge is -2.43. The molecule has 0 unspecified atom stereocenters. The number of urea groups is 2. The lowest BCUT2D eigenvalue weighted by molar-refractivity contribution is -0.156. The van der Waals surface area contributed by atoms with Crippen molar-refractivity contribution in [1.82, 2.24) is 29.8 Å². The molecule has 4 heterocycles. The second kappa shape index (κ2) is 17.0. The molecule has 0 aromatic heterocycles. The first-order valence-electron chi connectivity index (χ1n) is 18.6. The van der Waals surface area contributed by atoms with Crippen LogP contribution in [0.3, 0.4) is 0 Å². The largest absolute Gasteiger partial charge is 0.506 e. The van der Waals surface area contributed by atoms with E-state index in [2.05, 4.69) is 52.3 Å². The number of ether oxygens (including phenoxy) is 1. The van der Waals surface area contributed by atoms with Crippen LogP contribution in [-0.4, -0.2) is 136 Å². The summed E-state index contributed by atoms with van der Waals surface area (Å²) in [5.74, 6) is -0.260. The van der Waals surface area contributed by atoms with E-state index in [-0.39, 0.29) is 42.2 Å². The van der Waals surface area contributed by atoms with Crippen LogP contribution in [0.25, 0.3) is 0 Å². The number of phenolic OH excluding ortho intramolecular Hbond substituents is 1. The number of esters is 1. The third kappa shape index (κ3) is 10.0. The number of phenols is 1. The minimum atomic E-state index is -0.810. The fraction of sp³-hybridized carbons (Fsp3) is 0.579. The number of nitrogens with zero attached hydrogens (tertiary/aromatic N) is 5. The van der Waals surface area contributed by atoms with Crippen molar-refractivity contribution >= 4 is 61.5 Å². The maximum absolute atomic E-state index is 14.2. The number of para-hydroxylation sites is 1. The van der Waals surface area contributed by atoms with Crippen molar-refractivity contribution in [3.63, 3.8) is 0 Å². The summed E-state index contributed by atoms with van der Waals surface area (Å²) in [6.07, 6.45) is 3.43. The molecule has 13 nitrogen and oxygen atoms in total. The Labute approximate surface area is 328 Å². The smallest absolute Gasteiger partial charge is 0.322 e. The Morgan fingerprint density at radius 1 is 0.906 bits per heavy atom. The highest BCUT2D eigenvalue weighted by Crippen LogP contribution is 2.34. The van der Waals surface area contributed by atoms with E-state index in [1.165, 1.54) is 0 Å². The van der Waals surface area contributed by atoms with Gasteiger partial charge in [-0.05, 0) is 108 Å². The summed E-state index contributed by atoms with van der Waals surface area (Å²) in [6, 6.07) is 10.5. The van der Waals surface area contributed by atoms with E-state index in [1.54, 1.807) is 17.0 Å².